The summed E-state index contributed by atoms with van der Waals surface area (Å²) < 4.78 is 10.8. The number of hydrogen-bond donors (Lipinski definition) is 0. The van der Waals surface area contributed by atoms with Crippen molar-refractivity contribution in [2.75, 3.05) is 6.67 Å². The molecular weight excluding hydrogens is 67.0 g/mol. The maximum absolute atomic E-state index is 10.8. The Labute approximate surface area is 31.0 Å². The van der Waals surface area contributed by atoms with Crippen LogP contribution in [0.4, 0.5) is 4.39 Å². The quantitative estimate of drug-likeness (QED) is 0.403. The van der Waals surface area contributed by atoms with E-state index in [9.17, 15) is 4.39 Å². The first kappa shape index (κ1) is 4.49. The van der Waals surface area contributed by atoms with Crippen LogP contribution in [0.5, 0.6) is 0 Å². The molecule has 0 aliphatic rings. The Morgan fingerprint density at radius 1 is 1.80 bits per heavy atom. The molecule has 0 heterocycles. The van der Waals surface area contributed by atoms with E-state index in [1.807, 2.05) is 5.92 Å². The van der Waals surface area contributed by atoms with E-state index in [1.54, 1.807) is 0 Å². The van der Waals surface area contributed by atoms with Crippen LogP contribution in [0.3, 0.4) is 0 Å². The molecule has 0 nitrogen and oxygen atoms in total. The fourth-order valence-electron chi connectivity index (χ4n) is 0.0472. The summed E-state index contributed by atoms with van der Waals surface area (Å²) in [6.45, 7) is -0.455. The summed E-state index contributed by atoms with van der Waals surface area (Å²) in [5.41, 5.74) is 0. The van der Waals surface area contributed by atoms with Crippen molar-refractivity contribution >= 4 is 0 Å². The predicted molar refractivity (Wildman–Crippen MR) is 17.7 cm³/mol. The van der Waals surface area contributed by atoms with Crippen LogP contribution in [-0.4, -0.2) is 6.67 Å². The summed E-state index contributed by atoms with van der Waals surface area (Å²) in [6, 6.07) is 0. The minimum Gasteiger partial charge on any atom is -0.250 e. The molecule has 0 saturated carbocycles. The molecule has 0 rings (SSSR count). The number of halogens is 1. The van der Waals surface area contributed by atoms with E-state index in [-0.39, 0.29) is 6.42 Å². The van der Waals surface area contributed by atoms with Gasteiger partial charge in [-0.15, -0.1) is 0 Å². The zero-order chi connectivity index (χ0) is 4.12. The van der Waals surface area contributed by atoms with Gasteiger partial charge in [-0.05, 0) is 6.42 Å². The first-order valence-electron chi connectivity index (χ1n) is 1.37. The van der Waals surface area contributed by atoms with Gasteiger partial charge < -0.3 is 0 Å². The molecule has 1 heteroatoms. The van der Waals surface area contributed by atoms with Gasteiger partial charge in [0.2, 0.25) is 0 Å². The van der Waals surface area contributed by atoms with Gasteiger partial charge in [-0.25, -0.2) is 0 Å². The third kappa shape index (κ3) is 3.49. The van der Waals surface area contributed by atoms with Gasteiger partial charge in [-0.3, -0.25) is 4.39 Å². The Balaban J connectivity index is 2.48. The summed E-state index contributed by atoms with van der Waals surface area (Å²) in [6.07, 6.45) is 6.25. The largest absolute Gasteiger partial charge is 0.250 e. The second kappa shape index (κ2) is 3.49. The molecule has 0 aliphatic heterocycles. The number of alkyl halides is 1. The predicted octanol–water partition coefficient (Wildman–Crippen LogP) is 0.936. The molecule has 0 atom stereocenters. The van der Waals surface area contributed by atoms with Crippen molar-refractivity contribution in [3.8, 4) is 5.92 Å². The van der Waals surface area contributed by atoms with Crippen molar-refractivity contribution in [3.05, 3.63) is 6.42 Å². The first-order valence-corrected chi connectivity index (χ1v) is 1.37. The molecule has 5 heavy (non-hydrogen) atoms. The lowest BCUT2D eigenvalue weighted by Gasteiger charge is -1.65. The van der Waals surface area contributed by atoms with Gasteiger partial charge in [0.25, 0.3) is 0 Å². The molecule has 0 N–H and O–H groups in total. The summed E-state index contributed by atoms with van der Waals surface area (Å²) >= 11 is 0. The van der Waals surface area contributed by atoms with Gasteiger partial charge >= 0.3 is 0 Å². The Morgan fingerprint density at radius 3 is 2.40 bits per heavy atom. The van der Waals surface area contributed by atoms with Crippen molar-refractivity contribution in [1.29, 1.82) is 0 Å². The topological polar surface area (TPSA) is 0 Å². The fraction of sp³-hybridized carbons (Fsp3) is 0.500. The molecule has 0 spiro atoms. The van der Waals surface area contributed by atoms with Crippen LogP contribution in [0.15, 0.2) is 0 Å². The highest BCUT2D eigenvalue weighted by Crippen LogP contribution is 1.70. The van der Waals surface area contributed by atoms with Crippen molar-refractivity contribution in [3.63, 3.8) is 0 Å². The molecule has 0 fully saturated rings. The highest BCUT2D eigenvalue weighted by atomic mass is 19.1. The van der Waals surface area contributed by atoms with Gasteiger partial charge in [0.1, 0.15) is 6.67 Å². The monoisotopic (exact) mass is 71.0 g/mol. The molecular formula is C4H4F. The summed E-state index contributed by atoms with van der Waals surface area (Å²) in [5.74, 6) is 1.89. The standard InChI is InChI=1S/C4H4F/c1-2-3-4-5/h3-4H2. The molecule has 27 valence electrons. The van der Waals surface area contributed by atoms with E-state index < -0.39 is 6.67 Å². The maximum atomic E-state index is 10.8. The van der Waals surface area contributed by atoms with E-state index >= 15 is 0 Å². The van der Waals surface area contributed by atoms with Gasteiger partial charge in [0.05, 0.1) is 0 Å². The Bertz CT molecular complexity index is 42.1. The molecule has 0 unspecified atom stereocenters. The second-order valence-corrected chi connectivity index (χ2v) is 0.616. The van der Waals surface area contributed by atoms with E-state index in [0.717, 1.165) is 0 Å². The van der Waals surface area contributed by atoms with E-state index in [1.165, 1.54) is 0 Å². The second-order valence-electron chi connectivity index (χ2n) is 0.616. The average molecular weight is 71.1 g/mol. The van der Waals surface area contributed by atoms with Crippen molar-refractivity contribution in [1.82, 2.24) is 0 Å². The SMILES string of the molecule is [C]#CCCF. The van der Waals surface area contributed by atoms with Crippen molar-refractivity contribution < 1.29 is 4.39 Å². The van der Waals surface area contributed by atoms with Crippen molar-refractivity contribution in [2.24, 2.45) is 0 Å². The minimum absolute atomic E-state index is 0.139. The molecule has 0 saturated heterocycles. The van der Waals surface area contributed by atoms with Crippen molar-refractivity contribution in [2.45, 2.75) is 6.42 Å². The summed E-state index contributed by atoms with van der Waals surface area (Å²) in [7, 11) is 0. The molecule has 0 aliphatic carbocycles. The third-order valence-corrected chi connectivity index (χ3v) is 0.219. The lowest BCUT2D eigenvalue weighted by molar-refractivity contribution is 0.505. The first-order chi connectivity index (χ1) is 2.41. The zero-order valence-electron chi connectivity index (χ0n) is 2.79. The highest BCUT2D eigenvalue weighted by Gasteiger charge is 1.66. The fourth-order valence-corrected chi connectivity index (χ4v) is 0.0472. The van der Waals surface area contributed by atoms with Crippen LogP contribution in [-0.2, 0) is 0 Å². The molecule has 0 aromatic rings. The van der Waals surface area contributed by atoms with Crippen LogP contribution in [0, 0.1) is 12.3 Å². The normalized spacial score (nSPS) is 6.40. The van der Waals surface area contributed by atoms with Crippen LogP contribution >= 0.6 is 0 Å². The Morgan fingerprint density at radius 2 is 2.40 bits per heavy atom. The Kier molecular flexibility index (Phi) is 3.13. The van der Waals surface area contributed by atoms with Gasteiger partial charge in [-0.2, -0.15) is 0 Å². The van der Waals surface area contributed by atoms with Crippen LogP contribution in [0.1, 0.15) is 6.42 Å². The maximum Gasteiger partial charge on any atom is 0.100 e. The molecule has 0 amide bonds. The summed E-state index contributed by atoms with van der Waals surface area (Å²) in [4.78, 5) is 0. The lowest BCUT2D eigenvalue weighted by Crippen LogP contribution is -1.62. The molecule has 0 aromatic carbocycles. The highest BCUT2D eigenvalue weighted by molar-refractivity contribution is 4.73. The molecule has 1 radical (unpaired) electrons. The summed E-state index contributed by atoms with van der Waals surface area (Å²) in [5, 5.41) is 0. The lowest BCUT2D eigenvalue weighted by atomic mass is 10.5. The molecule has 0 aromatic heterocycles. The molecule has 0 bridgehead atoms. The van der Waals surface area contributed by atoms with Crippen LogP contribution in [0.2, 0.25) is 0 Å². The van der Waals surface area contributed by atoms with E-state index in [0.29, 0.717) is 0 Å². The minimum atomic E-state index is -0.455. The smallest absolute Gasteiger partial charge is 0.100 e. The zero-order valence-corrected chi connectivity index (χ0v) is 2.79. The third-order valence-electron chi connectivity index (χ3n) is 0.219. The van der Waals surface area contributed by atoms with Crippen LogP contribution < -0.4 is 0 Å². The van der Waals surface area contributed by atoms with Crippen LogP contribution in [0.25, 0.3) is 0 Å². The Hall–Kier alpha value is -0.510. The number of hydrogen-bond acceptors (Lipinski definition) is 0. The van der Waals surface area contributed by atoms with E-state index in [4.69, 9.17) is 6.42 Å². The van der Waals surface area contributed by atoms with Gasteiger partial charge in [0.15, 0.2) is 0 Å². The van der Waals surface area contributed by atoms with Gasteiger partial charge in [-0.1, -0.05) is 5.92 Å². The van der Waals surface area contributed by atoms with Gasteiger partial charge in [0, 0.05) is 6.42 Å². The number of rotatable bonds is 1. The average Bonchev–Trinajstić information content (AvgIpc) is 1.41. The van der Waals surface area contributed by atoms with E-state index in [2.05, 4.69) is 0 Å².